The summed E-state index contributed by atoms with van der Waals surface area (Å²) >= 11 is 0. The number of hydrogen-bond donors (Lipinski definition) is 2. The van der Waals surface area contributed by atoms with Crippen LogP contribution in [0.3, 0.4) is 0 Å². The standard InChI is InChI=1S/C12H15N5O2/c13-8-10-11(15-4-3-14-10)16-9-2-1-5-17(6-7-18)12(9)19/h3-4,9,18H,1-2,5-7H2,(H,15,16)/t9-/m1/s1. The number of aliphatic hydroxyl groups is 1. The topological polar surface area (TPSA) is 102 Å². The molecule has 0 bridgehead atoms. The molecule has 0 radical (unpaired) electrons. The number of anilines is 1. The third kappa shape index (κ3) is 2.98. The summed E-state index contributed by atoms with van der Waals surface area (Å²) in [7, 11) is 0. The van der Waals surface area contributed by atoms with E-state index in [1.165, 1.54) is 12.4 Å². The van der Waals surface area contributed by atoms with Crippen molar-refractivity contribution in [1.82, 2.24) is 14.9 Å². The molecule has 0 aromatic carbocycles. The molecule has 7 nitrogen and oxygen atoms in total. The average Bonchev–Trinajstić information content (AvgIpc) is 2.44. The van der Waals surface area contributed by atoms with Gasteiger partial charge in [-0.15, -0.1) is 0 Å². The van der Waals surface area contributed by atoms with E-state index in [0.717, 1.165) is 6.42 Å². The Morgan fingerprint density at radius 1 is 1.53 bits per heavy atom. The van der Waals surface area contributed by atoms with Crippen LogP contribution in [0.1, 0.15) is 18.5 Å². The molecule has 1 amide bonds. The summed E-state index contributed by atoms with van der Waals surface area (Å²) in [5, 5.41) is 20.8. The normalized spacial score (nSPS) is 19.1. The van der Waals surface area contributed by atoms with E-state index in [4.69, 9.17) is 10.4 Å². The zero-order valence-corrected chi connectivity index (χ0v) is 10.4. The second kappa shape index (κ2) is 6.11. The summed E-state index contributed by atoms with van der Waals surface area (Å²) in [5.74, 6) is 0.254. The molecule has 1 fully saturated rings. The van der Waals surface area contributed by atoms with Gasteiger partial charge in [0.25, 0.3) is 0 Å². The number of hydrogen-bond acceptors (Lipinski definition) is 6. The lowest BCUT2D eigenvalue weighted by Crippen LogP contribution is -2.48. The first kappa shape index (κ1) is 13.2. The Labute approximate surface area is 110 Å². The van der Waals surface area contributed by atoms with E-state index in [0.29, 0.717) is 25.3 Å². The number of amides is 1. The first-order valence-electron chi connectivity index (χ1n) is 6.13. The van der Waals surface area contributed by atoms with Gasteiger partial charge in [-0.1, -0.05) is 0 Å². The van der Waals surface area contributed by atoms with Crippen LogP contribution >= 0.6 is 0 Å². The number of β-amino-alcohol motifs (C(OH)–C–C–N with tert-alkyl or cyclic N) is 1. The molecule has 100 valence electrons. The summed E-state index contributed by atoms with van der Waals surface area (Å²) in [6.07, 6.45) is 4.44. The van der Waals surface area contributed by atoms with E-state index in [2.05, 4.69) is 15.3 Å². The molecule has 1 aromatic heterocycles. The molecule has 1 saturated heterocycles. The van der Waals surface area contributed by atoms with Crippen LogP contribution < -0.4 is 5.32 Å². The molecule has 0 aliphatic carbocycles. The lowest BCUT2D eigenvalue weighted by Gasteiger charge is -2.32. The van der Waals surface area contributed by atoms with E-state index in [1.807, 2.05) is 6.07 Å². The minimum absolute atomic E-state index is 0.0486. The minimum atomic E-state index is -0.413. The lowest BCUT2D eigenvalue weighted by atomic mass is 10.0. The molecule has 1 aromatic rings. The highest BCUT2D eigenvalue weighted by molar-refractivity contribution is 5.85. The van der Waals surface area contributed by atoms with Crippen LogP contribution in [0.2, 0.25) is 0 Å². The molecule has 2 N–H and O–H groups in total. The monoisotopic (exact) mass is 261 g/mol. The van der Waals surface area contributed by atoms with Gasteiger partial charge < -0.3 is 15.3 Å². The predicted octanol–water partition coefficient (Wildman–Crippen LogP) is -0.257. The highest BCUT2D eigenvalue weighted by Crippen LogP contribution is 2.17. The Morgan fingerprint density at radius 2 is 2.32 bits per heavy atom. The number of carbonyl (C=O) groups is 1. The lowest BCUT2D eigenvalue weighted by molar-refractivity contribution is -0.134. The zero-order valence-electron chi connectivity index (χ0n) is 10.4. The van der Waals surface area contributed by atoms with Gasteiger partial charge in [-0.05, 0) is 12.8 Å². The highest BCUT2D eigenvalue weighted by atomic mass is 16.3. The van der Waals surface area contributed by atoms with Gasteiger partial charge in [-0.25, -0.2) is 9.97 Å². The number of nitrogens with zero attached hydrogens (tertiary/aromatic N) is 4. The SMILES string of the molecule is N#Cc1nccnc1N[C@@H]1CCCN(CCO)C1=O. The molecule has 0 spiro atoms. The summed E-state index contributed by atoms with van der Waals surface area (Å²) in [4.78, 5) is 21.7. The van der Waals surface area contributed by atoms with Crippen molar-refractivity contribution in [3.8, 4) is 6.07 Å². The number of aliphatic hydroxyl groups excluding tert-OH is 1. The van der Waals surface area contributed by atoms with Crippen LogP contribution in [0, 0.1) is 11.3 Å². The predicted molar refractivity (Wildman–Crippen MR) is 67.1 cm³/mol. The van der Waals surface area contributed by atoms with Gasteiger partial charge in [0.2, 0.25) is 5.91 Å². The maximum atomic E-state index is 12.1. The molecule has 7 heteroatoms. The van der Waals surface area contributed by atoms with E-state index in [9.17, 15) is 4.79 Å². The quantitative estimate of drug-likeness (QED) is 0.774. The Morgan fingerprint density at radius 3 is 3.05 bits per heavy atom. The Balaban J connectivity index is 2.10. The van der Waals surface area contributed by atoms with Crippen molar-refractivity contribution in [2.24, 2.45) is 0 Å². The fourth-order valence-corrected chi connectivity index (χ4v) is 2.11. The van der Waals surface area contributed by atoms with Crippen LogP contribution in [0.15, 0.2) is 12.4 Å². The van der Waals surface area contributed by atoms with Gasteiger partial charge in [0, 0.05) is 25.5 Å². The largest absolute Gasteiger partial charge is 0.395 e. The Bertz CT molecular complexity index is 497. The van der Waals surface area contributed by atoms with Crippen molar-refractivity contribution in [3.63, 3.8) is 0 Å². The second-order valence-corrected chi connectivity index (χ2v) is 4.25. The Kier molecular flexibility index (Phi) is 4.26. The van der Waals surface area contributed by atoms with Crippen molar-refractivity contribution in [1.29, 1.82) is 5.26 Å². The van der Waals surface area contributed by atoms with E-state index in [1.54, 1.807) is 4.90 Å². The first-order valence-corrected chi connectivity index (χ1v) is 6.13. The summed E-state index contributed by atoms with van der Waals surface area (Å²) in [5.41, 5.74) is 0.176. The van der Waals surface area contributed by atoms with Gasteiger partial charge in [0.05, 0.1) is 6.61 Å². The highest BCUT2D eigenvalue weighted by Gasteiger charge is 2.29. The number of rotatable bonds is 4. The maximum absolute atomic E-state index is 12.1. The van der Waals surface area contributed by atoms with Crippen molar-refractivity contribution in [2.45, 2.75) is 18.9 Å². The molecule has 1 aliphatic rings. The van der Waals surface area contributed by atoms with E-state index in [-0.39, 0.29) is 18.2 Å². The van der Waals surface area contributed by atoms with Gasteiger partial charge in [0.15, 0.2) is 11.5 Å². The zero-order chi connectivity index (χ0) is 13.7. The van der Waals surface area contributed by atoms with Crippen LogP contribution in [0.25, 0.3) is 0 Å². The van der Waals surface area contributed by atoms with Gasteiger partial charge >= 0.3 is 0 Å². The fourth-order valence-electron chi connectivity index (χ4n) is 2.11. The molecule has 0 unspecified atom stereocenters. The van der Waals surface area contributed by atoms with Crippen LogP contribution in [0.5, 0.6) is 0 Å². The number of likely N-dealkylation sites (tertiary alicyclic amines) is 1. The minimum Gasteiger partial charge on any atom is -0.395 e. The number of carbonyl (C=O) groups excluding carboxylic acids is 1. The number of piperidine rings is 1. The van der Waals surface area contributed by atoms with E-state index < -0.39 is 6.04 Å². The van der Waals surface area contributed by atoms with Gasteiger partial charge in [-0.3, -0.25) is 4.79 Å². The molecule has 1 atom stereocenters. The third-order valence-corrected chi connectivity index (χ3v) is 3.02. The second-order valence-electron chi connectivity index (χ2n) is 4.25. The van der Waals surface area contributed by atoms with Crippen molar-refractivity contribution in [3.05, 3.63) is 18.1 Å². The van der Waals surface area contributed by atoms with Crippen molar-refractivity contribution in [2.75, 3.05) is 25.0 Å². The average molecular weight is 261 g/mol. The van der Waals surface area contributed by atoms with Gasteiger partial charge in [0.1, 0.15) is 12.1 Å². The molecule has 2 heterocycles. The number of nitriles is 1. The van der Waals surface area contributed by atoms with E-state index >= 15 is 0 Å². The van der Waals surface area contributed by atoms with Crippen molar-refractivity contribution >= 4 is 11.7 Å². The summed E-state index contributed by atoms with van der Waals surface area (Å²) in [6.45, 7) is 0.943. The smallest absolute Gasteiger partial charge is 0.245 e. The third-order valence-electron chi connectivity index (χ3n) is 3.02. The molecular weight excluding hydrogens is 246 g/mol. The van der Waals surface area contributed by atoms with Crippen molar-refractivity contribution < 1.29 is 9.90 Å². The molecule has 2 rings (SSSR count). The summed E-state index contributed by atoms with van der Waals surface area (Å²) < 4.78 is 0. The van der Waals surface area contributed by atoms with Gasteiger partial charge in [-0.2, -0.15) is 5.26 Å². The Hall–Kier alpha value is -2.20. The number of nitrogens with one attached hydrogen (secondary N) is 1. The first-order chi connectivity index (χ1) is 9.26. The fraction of sp³-hybridized carbons (Fsp3) is 0.500. The molecule has 19 heavy (non-hydrogen) atoms. The van der Waals surface area contributed by atoms with Crippen LogP contribution in [0.4, 0.5) is 5.82 Å². The number of aromatic nitrogens is 2. The maximum Gasteiger partial charge on any atom is 0.245 e. The summed E-state index contributed by atoms with van der Waals surface area (Å²) in [6, 6.07) is 1.52. The molecular formula is C12H15N5O2. The molecule has 1 aliphatic heterocycles. The van der Waals surface area contributed by atoms with Crippen LogP contribution in [-0.4, -0.2) is 51.6 Å². The van der Waals surface area contributed by atoms with Crippen LogP contribution in [-0.2, 0) is 4.79 Å². The molecule has 0 saturated carbocycles.